The summed E-state index contributed by atoms with van der Waals surface area (Å²) in [5, 5.41) is 11.9. The van der Waals surface area contributed by atoms with Gasteiger partial charge in [-0.05, 0) is 31.7 Å². The fourth-order valence-electron chi connectivity index (χ4n) is 1.54. The summed E-state index contributed by atoms with van der Waals surface area (Å²) in [7, 11) is 1.61. The van der Waals surface area contributed by atoms with Gasteiger partial charge in [0.2, 0.25) is 0 Å². The van der Waals surface area contributed by atoms with Crippen molar-refractivity contribution in [1.29, 1.82) is 0 Å². The van der Waals surface area contributed by atoms with Gasteiger partial charge in [-0.15, -0.1) is 0 Å². The van der Waals surface area contributed by atoms with E-state index in [0.29, 0.717) is 10.6 Å². The first-order valence-corrected chi connectivity index (χ1v) is 5.44. The van der Waals surface area contributed by atoms with Crippen molar-refractivity contribution in [2.45, 2.75) is 18.5 Å². The van der Waals surface area contributed by atoms with Gasteiger partial charge in [0.15, 0.2) is 0 Å². The van der Waals surface area contributed by atoms with Gasteiger partial charge in [-0.2, -0.15) is 0 Å². The molecule has 2 atom stereocenters. The van der Waals surface area contributed by atoms with Crippen LogP contribution >= 0.6 is 11.6 Å². The third-order valence-corrected chi connectivity index (χ3v) is 2.72. The predicted octanol–water partition coefficient (Wildman–Crippen LogP) is 1.54. The smallest absolute Gasteiger partial charge is 0.320 e. The Bertz CT molecular complexity index is 414. The molecule has 4 nitrogen and oxygen atoms in total. The third-order valence-electron chi connectivity index (χ3n) is 2.49. The summed E-state index contributed by atoms with van der Waals surface area (Å²) in [6.07, 6.45) is 0.0864. The van der Waals surface area contributed by atoms with Crippen molar-refractivity contribution in [2.75, 3.05) is 7.05 Å². The van der Waals surface area contributed by atoms with E-state index in [1.54, 1.807) is 7.05 Å². The van der Waals surface area contributed by atoms with Crippen LogP contribution in [0.1, 0.15) is 18.0 Å². The number of aliphatic carboxylic acids is 1. The summed E-state index contributed by atoms with van der Waals surface area (Å²) in [4.78, 5) is 10.7. The van der Waals surface area contributed by atoms with E-state index in [1.807, 2.05) is 0 Å². The highest BCUT2D eigenvalue weighted by Crippen LogP contribution is 2.24. The summed E-state index contributed by atoms with van der Waals surface area (Å²) < 4.78 is 13.6. The summed E-state index contributed by atoms with van der Waals surface area (Å²) in [5.74, 6) is -1.56. The van der Waals surface area contributed by atoms with Crippen LogP contribution in [0.25, 0.3) is 0 Å². The number of carbonyl (C=O) groups is 1. The minimum Gasteiger partial charge on any atom is -0.480 e. The van der Waals surface area contributed by atoms with Gasteiger partial charge in [0, 0.05) is 16.6 Å². The lowest BCUT2D eigenvalue weighted by atomic mass is 9.99. The zero-order chi connectivity index (χ0) is 13.0. The van der Waals surface area contributed by atoms with Crippen LogP contribution < -0.4 is 11.1 Å². The van der Waals surface area contributed by atoms with Crippen LogP contribution in [-0.4, -0.2) is 24.2 Å². The third kappa shape index (κ3) is 3.66. The second-order valence-electron chi connectivity index (χ2n) is 3.69. The van der Waals surface area contributed by atoms with E-state index in [4.69, 9.17) is 22.4 Å². The minimum absolute atomic E-state index is 0.0864. The maximum absolute atomic E-state index is 13.6. The van der Waals surface area contributed by atoms with Crippen molar-refractivity contribution in [3.63, 3.8) is 0 Å². The zero-order valence-electron chi connectivity index (χ0n) is 9.28. The molecular formula is C11H14ClFN2O2. The number of nitrogens with one attached hydrogen (secondary N) is 1. The highest BCUT2D eigenvalue weighted by atomic mass is 35.5. The molecule has 1 rings (SSSR count). The molecule has 0 amide bonds. The highest BCUT2D eigenvalue weighted by molar-refractivity contribution is 6.30. The first kappa shape index (κ1) is 13.9. The highest BCUT2D eigenvalue weighted by Gasteiger charge is 2.21. The molecule has 6 heteroatoms. The Hall–Kier alpha value is -1.17. The van der Waals surface area contributed by atoms with E-state index in [9.17, 15) is 9.18 Å². The van der Waals surface area contributed by atoms with Crippen LogP contribution in [0.3, 0.4) is 0 Å². The Morgan fingerprint density at radius 3 is 2.82 bits per heavy atom. The lowest BCUT2D eigenvalue weighted by Crippen LogP contribution is -2.35. The maximum Gasteiger partial charge on any atom is 0.320 e. The van der Waals surface area contributed by atoms with Gasteiger partial charge in [0.05, 0.1) is 0 Å². The number of rotatable bonds is 5. The molecule has 0 bridgehead atoms. The van der Waals surface area contributed by atoms with Crippen molar-refractivity contribution < 1.29 is 14.3 Å². The van der Waals surface area contributed by atoms with E-state index >= 15 is 0 Å². The Labute approximate surface area is 104 Å². The Morgan fingerprint density at radius 2 is 2.29 bits per heavy atom. The number of benzene rings is 1. The fraction of sp³-hybridized carbons (Fsp3) is 0.364. The van der Waals surface area contributed by atoms with Crippen LogP contribution in [0.5, 0.6) is 0 Å². The van der Waals surface area contributed by atoms with Gasteiger partial charge >= 0.3 is 5.97 Å². The number of nitrogens with two attached hydrogens (primary N) is 1. The van der Waals surface area contributed by atoms with E-state index in [1.165, 1.54) is 18.2 Å². The van der Waals surface area contributed by atoms with Crippen LogP contribution in [0.2, 0.25) is 5.02 Å². The SMILES string of the molecule is CNC(CC(N)C(=O)O)c1cc(Cl)ccc1F. The number of halogens is 2. The summed E-state index contributed by atoms with van der Waals surface area (Å²) >= 11 is 5.77. The largest absolute Gasteiger partial charge is 0.480 e. The summed E-state index contributed by atoms with van der Waals surface area (Å²) in [6, 6.07) is 2.61. The van der Waals surface area contributed by atoms with Crippen molar-refractivity contribution in [2.24, 2.45) is 5.73 Å². The summed E-state index contributed by atoms with van der Waals surface area (Å²) in [5.41, 5.74) is 5.74. The lowest BCUT2D eigenvalue weighted by molar-refractivity contribution is -0.138. The molecule has 17 heavy (non-hydrogen) atoms. The lowest BCUT2D eigenvalue weighted by Gasteiger charge is -2.19. The first-order chi connectivity index (χ1) is 7.95. The number of carboxylic acid groups (broad SMARTS) is 1. The first-order valence-electron chi connectivity index (χ1n) is 5.06. The molecular weight excluding hydrogens is 247 g/mol. The molecule has 0 aromatic heterocycles. The standard InChI is InChI=1S/C11H14ClFN2O2/c1-15-10(5-9(14)11(16)17)7-4-6(12)2-3-8(7)13/h2-4,9-10,15H,5,14H2,1H3,(H,16,17). The molecule has 0 aliphatic carbocycles. The second-order valence-corrected chi connectivity index (χ2v) is 4.12. The predicted molar refractivity (Wildman–Crippen MR) is 63.4 cm³/mol. The van der Waals surface area contributed by atoms with Crippen LogP contribution in [0.15, 0.2) is 18.2 Å². The molecule has 0 saturated carbocycles. The molecule has 0 spiro atoms. The molecule has 0 aliphatic heterocycles. The molecule has 0 fully saturated rings. The number of hydrogen-bond donors (Lipinski definition) is 3. The average Bonchev–Trinajstić information content (AvgIpc) is 2.29. The van der Waals surface area contributed by atoms with Crippen molar-refractivity contribution in [1.82, 2.24) is 5.32 Å². The average molecular weight is 261 g/mol. The number of carboxylic acids is 1. The van der Waals surface area contributed by atoms with Gasteiger partial charge in [-0.1, -0.05) is 11.6 Å². The Kier molecular flexibility index (Phi) is 4.86. The molecule has 0 heterocycles. The fourth-order valence-corrected chi connectivity index (χ4v) is 1.72. The molecule has 1 aromatic carbocycles. The van der Waals surface area contributed by atoms with Crippen LogP contribution in [-0.2, 0) is 4.79 Å². The van der Waals surface area contributed by atoms with Gasteiger partial charge in [-0.3, -0.25) is 4.79 Å². The molecule has 4 N–H and O–H groups in total. The second kappa shape index (κ2) is 5.95. The van der Waals surface area contributed by atoms with E-state index in [0.717, 1.165) is 0 Å². The monoisotopic (exact) mass is 260 g/mol. The topological polar surface area (TPSA) is 75.3 Å². The molecule has 0 aliphatic rings. The quantitative estimate of drug-likeness (QED) is 0.751. The molecule has 0 radical (unpaired) electrons. The molecule has 2 unspecified atom stereocenters. The molecule has 1 aromatic rings. The van der Waals surface area contributed by atoms with Gasteiger partial charge < -0.3 is 16.2 Å². The van der Waals surface area contributed by atoms with Crippen LogP contribution in [0.4, 0.5) is 4.39 Å². The Morgan fingerprint density at radius 1 is 1.65 bits per heavy atom. The van der Waals surface area contributed by atoms with Crippen molar-refractivity contribution in [3.05, 3.63) is 34.6 Å². The van der Waals surface area contributed by atoms with E-state index in [-0.39, 0.29) is 6.42 Å². The molecule has 94 valence electrons. The van der Waals surface area contributed by atoms with E-state index in [2.05, 4.69) is 5.32 Å². The van der Waals surface area contributed by atoms with Crippen molar-refractivity contribution in [3.8, 4) is 0 Å². The molecule has 0 saturated heterocycles. The minimum atomic E-state index is -1.12. The zero-order valence-corrected chi connectivity index (χ0v) is 10.0. The summed E-state index contributed by atoms with van der Waals surface area (Å²) in [6.45, 7) is 0. The van der Waals surface area contributed by atoms with Gasteiger partial charge in [0.25, 0.3) is 0 Å². The van der Waals surface area contributed by atoms with E-state index < -0.39 is 23.9 Å². The van der Waals surface area contributed by atoms with Gasteiger partial charge in [-0.25, -0.2) is 4.39 Å². The maximum atomic E-state index is 13.6. The van der Waals surface area contributed by atoms with Crippen molar-refractivity contribution >= 4 is 17.6 Å². The number of hydrogen-bond acceptors (Lipinski definition) is 3. The Balaban J connectivity index is 2.93. The van der Waals surface area contributed by atoms with Gasteiger partial charge in [0.1, 0.15) is 11.9 Å². The normalized spacial score (nSPS) is 14.4. The van der Waals surface area contributed by atoms with Crippen LogP contribution in [0, 0.1) is 5.82 Å².